The molecule has 2 aliphatic rings. The largest absolute Gasteiger partial charge is 0.463 e. The summed E-state index contributed by atoms with van der Waals surface area (Å²) >= 11 is 0. The van der Waals surface area contributed by atoms with Crippen LogP contribution in [0.1, 0.15) is 24.0 Å². The van der Waals surface area contributed by atoms with Crippen LogP contribution in [0.25, 0.3) is 0 Å². The normalized spacial score (nSPS) is 20.7. The first-order chi connectivity index (χ1) is 10.2. The number of benzene rings is 1. The monoisotopic (exact) mass is 289 g/mol. The zero-order valence-corrected chi connectivity index (χ0v) is 11.9. The van der Waals surface area contributed by atoms with Gasteiger partial charge < -0.3 is 14.7 Å². The molecule has 1 N–H and O–H groups in total. The summed E-state index contributed by atoms with van der Waals surface area (Å²) in [6.07, 6.45) is 3.52. The van der Waals surface area contributed by atoms with Crippen molar-refractivity contribution in [2.24, 2.45) is 5.92 Å². The van der Waals surface area contributed by atoms with Crippen LogP contribution in [0.15, 0.2) is 18.2 Å². The minimum Gasteiger partial charge on any atom is -0.463 e. The average Bonchev–Trinajstić information content (AvgIpc) is 3.10. The van der Waals surface area contributed by atoms with Crippen LogP contribution in [-0.4, -0.2) is 36.7 Å². The lowest BCUT2D eigenvalue weighted by Gasteiger charge is -2.17. The van der Waals surface area contributed by atoms with E-state index >= 15 is 0 Å². The molecule has 112 valence electrons. The first-order valence-electron chi connectivity index (χ1n) is 7.38. The maximum Gasteiger partial charge on any atom is 0.311 e. The van der Waals surface area contributed by atoms with Gasteiger partial charge in [-0.1, -0.05) is 6.07 Å². The Morgan fingerprint density at radius 3 is 2.95 bits per heavy atom. The highest BCUT2D eigenvalue weighted by molar-refractivity contribution is 5.99. The van der Waals surface area contributed by atoms with Crippen LogP contribution in [0, 0.1) is 5.92 Å². The number of anilines is 1. The van der Waals surface area contributed by atoms with E-state index < -0.39 is 11.9 Å². The van der Waals surface area contributed by atoms with Crippen molar-refractivity contribution < 1.29 is 19.4 Å². The molecule has 0 bridgehead atoms. The van der Waals surface area contributed by atoms with Gasteiger partial charge in [-0.3, -0.25) is 9.59 Å². The van der Waals surface area contributed by atoms with E-state index in [2.05, 4.69) is 12.1 Å². The molecule has 3 rings (SSSR count). The summed E-state index contributed by atoms with van der Waals surface area (Å²) in [4.78, 5) is 25.6. The SMILES string of the molecule is O=C(OCCO)[C@H]1CC(=O)N(c2ccc3c(c2)CCC3)C1. The molecule has 1 aliphatic heterocycles. The molecule has 1 heterocycles. The Balaban J connectivity index is 1.72. The summed E-state index contributed by atoms with van der Waals surface area (Å²) < 4.78 is 4.91. The number of amides is 1. The molecule has 0 spiro atoms. The number of aliphatic hydroxyl groups is 1. The van der Waals surface area contributed by atoms with Gasteiger partial charge >= 0.3 is 5.97 Å². The van der Waals surface area contributed by atoms with E-state index in [-0.39, 0.29) is 25.5 Å². The maximum absolute atomic E-state index is 12.1. The van der Waals surface area contributed by atoms with Crippen LogP contribution in [0.4, 0.5) is 5.69 Å². The van der Waals surface area contributed by atoms with E-state index in [1.54, 1.807) is 4.90 Å². The number of aliphatic hydroxyl groups excluding tert-OH is 1. The lowest BCUT2D eigenvalue weighted by molar-refractivity contribution is -0.149. The molecular formula is C16H19NO4. The molecule has 1 saturated heterocycles. The zero-order chi connectivity index (χ0) is 14.8. The van der Waals surface area contributed by atoms with Crippen molar-refractivity contribution in [1.29, 1.82) is 0 Å². The van der Waals surface area contributed by atoms with Crippen molar-refractivity contribution in [3.05, 3.63) is 29.3 Å². The number of aryl methyl sites for hydroxylation is 2. The van der Waals surface area contributed by atoms with Crippen molar-refractivity contribution in [2.75, 3.05) is 24.7 Å². The molecule has 0 unspecified atom stereocenters. The Bertz CT molecular complexity index is 569. The molecule has 0 saturated carbocycles. The van der Waals surface area contributed by atoms with E-state index in [0.29, 0.717) is 6.54 Å². The number of hydrogen-bond donors (Lipinski definition) is 1. The number of fused-ring (bicyclic) bond motifs is 1. The third-order valence-electron chi connectivity index (χ3n) is 4.19. The van der Waals surface area contributed by atoms with Gasteiger partial charge in [0.1, 0.15) is 6.61 Å². The predicted octanol–water partition coefficient (Wildman–Crippen LogP) is 1.06. The first kappa shape index (κ1) is 14.1. The summed E-state index contributed by atoms with van der Waals surface area (Å²) in [5.41, 5.74) is 3.55. The molecule has 21 heavy (non-hydrogen) atoms. The summed E-state index contributed by atoms with van der Waals surface area (Å²) in [7, 11) is 0. The van der Waals surface area contributed by atoms with E-state index in [1.807, 2.05) is 6.07 Å². The standard InChI is InChI=1S/C16H19NO4/c18-6-7-21-16(20)13-9-15(19)17(10-13)14-5-4-11-2-1-3-12(11)8-14/h4-5,8,13,18H,1-3,6-7,9-10H2/t13-/m0/s1. The third-order valence-corrected chi connectivity index (χ3v) is 4.19. The van der Waals surface area contributed by atoms with E-state index in [4.69, 9.17) is 9.84 Å². The van der Waals surface area contributed by atoms with Gasteiger partial charge in [-0.25, -0.2) is 0 Å². The lowest BCUT2D eigenvalue weighted by atomic mass is 10.1. The molecular weight excluding hydrogens is 270 g/mol. The fourth-order valence-electron chi connectivity index (χ4n) is 3.11. The molecule has 1 aliphatic carbocycles. The van der Waals surface area contributed by atoms with Gasteiger partial charge in [0.2, 0.25) is 5.91 Å². The van der Waals surface area contributed by atoms with Crippen molar-refractivity contribution >= 4 is 17.6 Å². The van der Waals surface area contributed by atoms with Crippen molar-refractivity contribution in [3.63, 3.8) is 0 Å². The third kappa shape index (κ3) is 2.78. The highest BCUT2D eigenvalue weighted by atomic mass is 16.5. The summed E-state index contributed by atoms with van der Waals surface area (Å²) in [6.45, 7) is 0.158. The van der Waals surface area contributed by atoms with Crippen LogP contribution in [0.5, 0.6) is 0 Å². The maximum atomic E-state index is 12.1. The molecule has 0 aromatic heterocycles. The van der Waals surface area contributed by atoms with Crippen molar-refractivity contribution in [3.8, 4) is 0 Å². The van der Waals surface area contributed by atoms with Gasteiger partial charge in [0.15, 0.2) is 0 Å². The molecule has 1 atom stereocenters. The topological polar surface area (TPSA) is 66.8 Å². The number of ether oxygens (including phenoxy) is 1. The molecule has 1 amide bonds. The minimum absolute atomic E-state index is 0.0115. The second-order valence-electron chi connectivity index (χ2n) is 5.60. The molecule has 5 nitrogen and oxygen atoms in total. The molecule has 0 radical (unpaired) electrons. The Labute approximate surface area is 123 Å². The van der Waals surface area contributed by atoms with Crippen LogP contribution < -0.4 is 4.90 Å². The fourth-order valence-corrected chi connectivity index (χ4v) is 3.11. The second kappa shape index (κ2) is 5.85. The molecule has 5 heteroatoms. The van der Waals surface area contributed by atoms with Crippen LogP contribution in [-0.2, 0) is 27.2 Å². The van der Waals surface area contributed by atoms with Gasteiger partial charge in [0, 0.05) is 18.7 Å². The zero-order valence-electron chi connectivity index (χ0n) is 11.9. The highest BCUT2D eigenvalue weighted by Gasteiger charge is 2.36. The van der Waals surface area contributed by atoms with Gasteiger partial charge in [-0.2, -0.15) is 0 Å². The van der Waals surface area contributed by atoms with Crippen molar-refractivity contribution in [2.45, 2.75) is 25.7 Å². The predicted molar refractivity (Wildman–Crippen MR) is 77.0 cm³/mol. The summed E-state index contributed by atoms with van der Waals surface area (Å²) in [6, 6.07) is 6.12. The fraction of sp³-hybridized carbons (Fsp3) is 0.500. The Morgan fingerprint density at radius 1 is 1.33 bits per heavy atom. The van der Waals surface area contributed by atoms with E-state index in [1.165, 1.54) is 17.5 Å². The number of esters is 1. The first-order valence-corrected chi connectivity index (χ1v) is 7.38. The van der Waals surface area contributed by atoms with Crippen LogP contribution in [0.3, 0.4) is 0 Å². The van der Waals surface area contributed by atoms with E-state index in [9.17, 15) is 9.59 Å². The number of carbonyl (C=O) groups is 2. The Kier molecular flexibility index (Phi) is 3.92. The van der Waals surface area contributed by atoms with Crippen molar-refractivity contribution in [1.82, 2.24) is 0 Å². The van der Waals surface area contributed by atoms with E-state index in [0.717, 1.165) is 18.5 Å². The quantitative estimate of drug-likeness (QED) is 0.842. The Morgan fingerprint density at radius 2 is 2.14 bits per heavy atom. The molecule has 1 fully saturated rings. The highest BCUT2D eigenvalue weighted by Crippen LogP contribution is 2.30. The Hall–Kier alpha value is -1.88. The van der Waals surface area contributed by atoms with Gasteiger partial charge in [0.05, 0.1) is 12.5 Å². The number of rotatable bonds is 4. The van der Waals surface area contributed by atoms with Crippen LogP contribution >= 0.6 is 0 Å². The molecule has 1 aromatic rings. The van der Waals surface area contributed by atoms with Gasteiger partial charge in [-0.15, -0.1) is 0 Å². The van der Waals surface area contributed by atoms with Crippen LogP contribution in [0.2, 0.25) is 0 Å². The number of nitrogens with zero attached hydrogens (tertiary/aromatic N) is 1. The minimum atomic E-state index is -0.433. The summed E-state index contributed by atoms with van der Waals surface area (Å²) in [5.74, 6) is -0.878. The lowest BCUT2D eigenvalue weighted by Crippen LogP contribution is -2.26. The second-order valence-corrected chi connectivity index (χ2v) is 5.60. The summed E-state index contributed by atoms with van der Waals surface area (Å²) in [5, 5.41) is 8.67. The van der Waals surface area contributed by atoms with Gasteiger partial charge in [0.25, 0.3) is 0 Å². The van der Waals surface area contributed by atoms with Gasteiger partial charge in [-0.05, 0) is 42.5 Å². The number of carbonyl (C=O) groups excluding carboxylic acids is 2. The number of hydrogen-bond acceptors (Lipinski definition) is 4. The smallest absolute Gasteiger partial charge is 0.311 e. The molecule has 1 aromatic carbocycles. The average molecular weight is 289 g/mol.